The van der Waals surface area contributed by atoms with Crippen LogP contribution in [0.3, 0.4) is 0 Å². The molecule has 0 saturated carbocycles. The van der Waals surface area contributed by atoms with E-state index in [1.54, 1.807) is 17.9 Å². The predicted octanol–water partition coefficient (Wildman–Crippen LogP) is 3.38. The minimum atomic E-state index is -1.01. The molecule has 3 aromatic heterocycles. The largest absolute Gasteiger partial charge is 0.497 e. The number of H-pyrrole nitrogens is 1. The number of nitrogens with zero attached hydrogens (tertiary/aromatic N) is 4. The molecule has 194 valence electrons. The Balaban J connectivity index is 1.39. The van der Waals surface area contributed by atoms with Crippen LogP contribution in [0.2, 0.25) is 0 Å². The van der Waals surface area contributed by atoms with Crippen molar-refractivity contribution in [2.75, 3.05) is 13.7 Å². The number of rotatable bonds is 5. The highest BCUT2D eigenvalue weighted by molar-refractivity contribution is 7.99. The van der Waals surface area contributed by atoms with Crippen molar-refractivity contribution in [1.29, 1.82) is 0 Å². The molecule has 2 saturated heterocycles. The van der Waals surface area contributed by atoms with Gasteiger partial charge >= 0.3 is 0 Å². The smallest absolute Gasteiger partial charge is 0.287 e. The topological polar surface area (TPSA) is 125 Å². The zero-order valence-electron chi connectivity index (χ0n) is 20.0. The normalized spacial score (nSPS) is 23.8. The Kier molecular flexibility index (Phi) is 5.96. The second-order valence-electron chi connectivity index (χ2n) is 8.89. The summed E-state index contributed by atoms with van der Waals surface area (Å²) in [5.41, 5.74) is 1.81. The zero-order chi connectivity index (χ0) is 25.8. The number of hydrogen-bond donors (Lipinski definition) is 2. The molecule has 38 heavy (non-hydrogen) atoms. The third-order valence-electron chi connectivity index (χ3n) is 6.63. The molecule has 0 amide bonds. The summed E-state index contributed by atoms with van der Waals surface area (Å²) in [5, 5.41) is 11.7. The number of aliphatic hydroxyl groups excluding tert-OH is 1. The Morgan fingerprint density at radius 2 is 1.97 bits per heavy atom. The van der Waals surface area contributed by atoms with Crippen LogP contribution in [0.4, 0.5) is 0 Å². The Morgan fingerprint density at radius 1 is 1.16 bits per heavy atom. The first-order valence-electron chi connectivity index (χ1n) is 11.9. The molecule has 2 aliphatic rings. The number of aromatic amines is 1. The van der Waals surface area contributed by atoms with Gasteiger partial charge in [-0.1, -0.05) is 42.1 Å². The van der Waals surface area contributed by atoms with E-state index in [0.717, 1.165) is 21.9 Å². The molecule has 13 heteroatoms. The highest BCUT2D eigenvalue weighted by Gasteiger charge is 2.49. The molecule has 0 bridgehead atoms. The van der Waals surface area contributed by atoms with E-state index in [4.69, 9.17) is 28.5 Å². The highest BCUT2D eigenvalue weighted by Crippen LogP contribution is 2.42. The maximum absolute atomic E-state index is 13.6. The number of methoxy groups -OCH3 is 1. The number of ether oxygens (including phenoxy) is 2. The molecule has 2 aromatic carbocycles. The monoisotopic (exact) mass is 551 g/mol. The van der Waals surface area contributed by atoms with Crippen molar-refractivity contribution in [3.8, 4) is 17.0 Å². The van der Waals surface area contributed by atoms with Crippen LogP contribution in [-0.2, 0) is 13.8 Å². The van der Waals surface area contributed by atoms with Gasteiger partial charge in [-0.3, -0.25) is 9.36 Å². The SMILES string of the molecule is COc1ccc(Sc2nc3c(=O)n4cc(-c5ccccc5)[nH]c4nc3n2C2OC3COPOC3C2O)cc1. The molecule has 0 spiro atoms. The average molecular weight is 552 g/mol. The maximum Gasteiger partial charge on any atom is 0.287 e. The van der Waals surface area contributed by atoms with Crippen molar-refractivity contribution >= 4 is 37.7 Å². The van der Waals surface area contributed by atoms with Gasteiger partial charge in [0.25, 0.3) is 5.56 Å². The third-order valence-corrected chi connectivity index (χ3v) is 8.26. The summed E-state index contributed by atoms with van der Waals surface area (Å²) in [7, 11) is 1.44. The van der Waals surface area contributed by atoms with Gasteiger partial charge in [0.05, 0.1) is 19.4 Å². The minimum Gasteiger partial charge on any atom is -0.497 e. The van der Waals surface area contributed by atoms with E-state index in [-0.39, 0.29) is 20.1 Å². The molecule has 0 aliphatic carbocycles. The van der Waals surface area contributed by atoms with Crippen LogP contribution in [0, 0.1) is 0 Å². The Labute approximate surface area is 221 Å². The van der Waals surface area contributed by atoms with Gasteiger partial charge in [0, 0.05) is 11.1 Å². The Morgan fingerprint density at radius 3 is 2.74 bits per heavy atom. The van der Waals surface area contributed by atoms with Gasteiger partial charge in [0.2, 0.25) is 5.78 Å². The fourth-order valence-electron chi connectivity index (χ4n) is 4.74. The summed E-state index contributed by atoms with van der Waals surface area (Å²) in [4.78, 5) is 27.2. The lowest BCUT2D eigenvalue weighted by atomic mass is 10.1. The molecule has 5 heterocycles. The standard InChI is InChI=1S/C25H22N5O6PS/c1-33-14-7-9-15(10-8-14)38-25-27-18-21(30(25)23-19(31)20-17(35-23)12-34-37-36-20)28-24-26-16(11-29(24)22(18)32)13-5-3-2-4-6-13/h2-11,17,19-20,23,31,37H,12H2,1H3,(H,26,28). The van der Waals surface area contributed by atoms with Gasteiger partial charge in [-0.25, -0.2) is 9.38 Å². The van der Waals surface area contributed by atoms with Gasteiger partial charge in [0.15, 0.2) is 31.6 Å². The van der Waals surface area contributed by atoms with Gasteiger partial charge < -0.3 is 28.6 Å². The Bertz CT molecular complexity index is 1690. The summed E-state index contributed by atoms with van der Waals surface area (Å²) in [6.45, 7) is 0.307. The van der Waals surface area contributed by atoms with Gasteiger partial charge in [0.1, 0.15) is 24.1 Å². The van der Waals surface area contributed by atoms with Crippen LogP contribution >= 0.6 is 20.8 Å². The van der Waals surface area contributed by atoms with E-state index in [9.17, 15) is 9.90 Å². The van der Waals surface area contributed by atoms with E-state index in [0.29, 0.717) is 23.2 Å². The van der Waals surface area contributed by atoms with E-state index >= 15 is 0 Å². The number of hydrogen-bond acceptors (Lipinski definition) is 9. The van der Waals surface area contributed by atoms with Crippen molar-refractivity contribution in [3.05, 3.63) is 71.1 Å². The third kappa shape index (κ3) is 3.92. The second kappa shape index (κ2) is 9.49. The lowest BCUT2D eigenvalue weighted by Gasteiger charge is -2.24. The molecule has 2 fully saturated rings. The molecule has 5 unspecified atom stereocenters. The number of aromatic nitrogens is 5. The fourth-order valence-corrected chi connectivity index (χ4v) is 6.35. The summed E-state index contributed by atoms with van der Waals surface area (Å²) in [6, 6.07) is 17.2. The molecule has 5 aromatic rings. The molecular weight excluding hydrogens is 529 g/mol. The summed E-state index contributed by atoms with van der Waals surface area (Å²) < 4.78 is 25.7. The number of fused-ring (bicyclic) bond motifs is 3. The van der Waals surface area contributed by atoms with Crippen LogP contribution < -0.4 is 10.3 Å². The van der Waals surface area contributed by atoms with Crippen molar-refractivity contribution in [2.45, 2.75) is 34.6 Å². The van der Waals surface area contributed by atoms with E-state index < -0.39 is 24.5 Å². The number of benzene rings is 2. The maximum atomic E-state index is 13.6. The van der Waals surface area contributed by atoms with E-state index in [2.05, 4.69) is 4.98 Å². The lowest BCUT2D eigenvalue weighted by Crippen LogP contribution is -2.37. The van der Waals surface area contributed by atoms with Crippen LogP contribution in [0.1, 0.15) is 6.23 Å². The van der Waals surface area contributed by atoms with Crippen molar-refractivity contribution in [3.63, 3.8) is 0 Å². The second-order valence-corrected chi connectivity index (χ2v) is 10.6. The number of aliphatic hydroxyl groups is 1. The van der Waals surface area contributed by atoms with Crippen LogP contribution in [-0.4, -0.2) is 61.1 Å². The average Bonchev–Trinajstić information content (AvgIpc) is 3.64. The molecule has 0 radical (unpaired) electrons. The van der Waals surface area contributed by atoms with Gasteiger partial charge in [-0.15, -0.1) is 0 Å². The number of imidazole rings is 2. The van der Waals surface area contributed by atoms with Crippen LogP contribution in [0.15, 0.2) is 75.6 Å². The fraction of sp³-hybridized carbons (Fsp3) is 0.240. The zero-order valence-corrected chi connectivity index (χ0v) is 21.8. The molecule has 2 N–H and O–H groups in total. The van der Waals surface area contributed by atoms with Gasteiger partial charge in [-0.2, -0.15) is 4.98 Å². The minimum absolute atomic E-state index is 0.168. The first-order valence-corrected chi connectivity index (χ1v) is 13.5. The first kappa shape index (κ1) is 23.8. The van der Waals surface area contributed by atoms with Crippen molar-refractivity contribution in [1.82, 2.24) is 23.9 Å². The summed E-state index contributed by atoms with van der Waals surface area (Å²) in [6.07, 6.45) is -1.17. The lowest BCUT2D eigenvalue weighted by molar-refractivity contribution is -0.0553. The quantitative estimate of drug-likeness (QED) is 0.316. The van der Waals surface area contributed by atoms with Crippen molar-refractivity contribution in [2.24, 2.45) is 0 Å². The van der Waals surface area contributed by atoms with Gasteiger partial charge in [-0.05, 0) is 29.8 Å². The van der Waals surface area contributed by atoms with Crippen molar-refractivity contribution < 1.29 is 23.6 Å². The Hall–Kier alpha value is -3.25. The van der Waals surface area contributed by atoms with Crippen LogP contribution in [0.5, 0.6) is 5.75 Å². The van der Waals surface area contributed by atoms with E-state index in [1.165, 1.54) is 16.2 Å². The molecule has 2 aliphatic heterocycles. The molecular formula is C25H22N5O6PS. The number of nitrogens with one attached hydrogen (secondary N) is 1. The molecule has 5 atom stereocenters. The summed E-state index contributed by atoms with van der Waals surface area (Å²) in [5.74, 6) is 1.08. The summed E-state index contributed by atoms with van der Waals surface area (Å²) >= 11 is 1.34. The molecule has 11 nitrogen and oxygen atoms in total. The van der Waals surface area contributed by atoms with Crippen LogP contribution in [0.25, 0.3) is 28.2 Å². The first-order chi connectivity index (χ1) is 18.6. The highest BCUT2D eigenvalue weighted by atomic mass is 32.2. The predicted molar refractivity (Wildman–Crippen MR) is 141 cm³/mol. The van der Waals surface area contributed by atoms with E-state index in [1.807, 2.05) is 54.6 Å². The molecule has 7 rings (SSSR count).